The van der Waals surface area contributed by atoms with E-state index in [0.29, 0.717) is 45.1 Å². The Morgan fingerprint density at radius 2 is 2.12 bits per heavy atom. The van der Waals surface area contributed by atoms with Gasteiger partial charge in [0.15, 0.2) is 6.29 Å². The van der Waals surface area contributed by atoms with E-state index in [1.807, 2.05) is 19.1 Å². The predicted molar refractivity (Wildman–Crippen MR) is 124 cm³/mol. The Balaban J connectivity index is 2.01. The number of carbonyl (C=O) groups is 1. The first-order chi connectivity index (χ1) is 15.7. The van der Waals surface area contributed by atoms with Crippen LogP contribution >= 0.6 is 0 Å². The van der Waals surface area contributed by atoms with E-state index in [-0.39, 0.29) is 24.7 Å². The SMILES string of the molecule is C=C1C[C@H](O)[C@H](CC=CCCCC(=O)O)[C@H]1C=CC(F)(F)C(CCCC)OC1CCCCO1. The van der Waals surface area contributed by atoms with Crippen molar-refractivity contribution in [1.29, 1.82) is 0 Å². The number of halogens is 2. The average Bonchev–Trinajstić information content (AvgIpc) is 3.04. The minimum atomic E-state index is -3.15. The zero-order valence-electron chi connectivity index (χ0n) is 19.8. The fraction of sp³-hybridized carbons (Fsp3) is 0.731. The second kappa shape index (κ2) is 14.0. The van der Waals surface area contributed by atoms with Gasteiger partial charge in [-0.3, -0.25) is 4.79 Å². The van der Waals surface area contributed by atoms with Gasteiger partial charge < -0.3 is 19.7 Å². The van der Waals surface area contributed by atoms with E-state index in [9.17, 15) is 9.90 Å². The number of hydrogen-bond acceptors (Lipinski definition) is 4. The summed E-state index contributed by atoms with van der Waals surface area (Å²) in [5.74, 6) is -4.54. The molecule has 33 heavy (non-hydrogen) atoms. The number of alkyl halides is 2. The van der Waals surface area contributed by atoms with Crippen molar-refractivity contribution in [3.63, 3.8) is 0 Å². The number of allylic oxidation sites excluding steroid dienone is 3. The minimum absolute atomic E-state index is 0.112. The first kappa shape index (κ1) is 27.7. The van der Waals surface area contributed by atoms with E-state index in [0.717, 1.165) is 30.9 Å². The van der Waals surface area contributed by atoms with Crippen molar-refractivity contribution in [3.8, 4) is 0 Å². The first-order valence-electron chi connectivity index (χ1n) is 12.3. The summed E-state index contributed by atoms with van der Waals surface area (Å²) in [7, 11) is 0. The third kappa shape index (κ3) is 9.30. The van der Waals surface area contributed by atoms with Gasteiger partial charge >= 0.3 is 5.97 Å². The summed E-state index contributed by atoms with van der Waals surface area (Å²) in [5, 5.41) is 19.1. The lowest BCUT2D eigenvalue weighted by Crippen LogP contribution is -2.39. The fourth-order valence-corrected chi connectivity index (χ4v) is 4.50. The van der Waals surface area contributed by atoms with Gasteiger partial charge in [0.25, 0.3) is 5.92 Å². The molecule has 0 aromatic carbocycles. The van der Waals surface area contributed by atoms with Crippen LogP contribution in [-0.4, -0.2) is 47.2 Å². The maximum absolute atomic E-state index is 15.2. The molecule has 1 aliphatic heterocycles. The van der Waals surface area contributed by atoms with Gasteiger partial charge in [-0.25, -0.2) is 0 Å². The summed E-state index contributed by atoms with van der Waals surface area (Å²) in [4.78, 5) is 10.6. The number of carboxylic acid groups (broad SMARTS) is 1. The second-order valence-electron chi connectivity index (χ2n) is 9.21. The average molecular weight is 471 g/mol. The van der Waals surface area contributed by atoms with Gasteiger partial charge in [-0.15, -0.1) is 0 Å². The molecule has 0 radical (unpaired) electrons. The molecule has 0 amide bonds. The molecule has 188 valence electrons. The van der Waals surface area contributed by atoms with Gasteiger partial charge in [-0.2, -0.15) is 8.78 Å². The monoisotopic (exact) mass is 470 g/mol. The highest BCUT2D eigenvalue weighted by molar-refractivity contribution is 5.66. The molecule has 2 N–H and O–H groups in total. The lowest BCUT2D eigenvalue weighted by atomic mass is 9.88. The fourth-order valence-electron chi connectivity index (χ4n) is 4.50. The molecule has 1 aliphatic carbocycles. The Morgan fingerprint density at radius 3 is 2.79 bits per heavy atom. The van der Waals surface area contributed by atoms with E-state index in [1.165, 1.54) is 6.08 Å². The molecule has 2 aliphatic rings. The van der Waals surface area contributed by atoms with Gasteiger partial charge in [-0.1, -0.05) is 50.1 Å². The molecular formula is C26H40F2O5. The van der Waals surface area contributed by atoms with Crippen LogP contribution in [0, 0.1) is 11.8 Å². The lowest BCUT2D eigenvalue weighted by molar-refractivity contribution is -0.229. The maximum atomic E-state index is 15.2. The Kier molecular flexibility index (Phi) is 11.7. The molecule has 5 nitrogen and oxygen atoms in total. The number of carboxylic acids is 1. The smallest absolute Gasteiger partial charge is 0.303 e. The van der Waals surface area contributed by atoms with E-state index in [2.05, 4.69) is 6.58 Å². The van der Waals surface area contributed by atoms with Crippen LogP contribution in [0.3, 0.4) is 0 Å². The molecule has 2 rings (SSSR count). The van der Waals surface area contributed by atoms with Crippen molar-refractivity contribution < 1.29 is 33.3 Å². The van der Waals surface area contributed by atoms with Crippen LogP contribution in [0.15, 0.2) is 36.5 Å². The van der Waals surface area contributed by atoms with Gasteiger partial charge in [-0.05, 0) is 63.4 Å². The number of aliphatic hydroxyl groups excluding tert-OH is 1. The standard InChI is InChI=1S/C26H40F2O5/c1-3-4-12-23(33-25-14-9-10-17-32-25)26(27,28)16-15-20-19(2)18-22(29)21(20)11-7-5-6-8-13-24(30)31/h5,7,15-16,20-23,25,29H,2-4,6,8-14,17-18H2,1H3,(H,30,31)/t20-,21+,22-,23?,25?/m0/s1. The zero-order chi connectivity index (χ0) is 24.3. The molecule has 7 heteroatoms. The van der Waals surface area contributed by atoms with E-state index >= 15 is 8.78 Å². The summed E-state index contributed by atoms with van der Waals surface area (Å²) in [6.45, 7) is 6.51. The number of aliphatic carboxylic acids is 1. The molecule has 1 saturated carbocycles. The molecule has 2 fully saturated rings. The van der Waals surface area contributed by atoms with Gasteiger partial charge in [0.2, 0.25) is 0 Å². The Hall–Kier alpha value is -1.57. The molecule has 2 unspecified atom stereocenters. The van der Waals surface area contributed by atoms with Crippen LogP contribution < -0.4 is 0 Å². The highest BCUT2D eigenvalue weighted by Crippen LogP contribution is 2.40. The van der Waals surface area contributed by atoms with Gasteiger partial charge in [0, 0.05) is 18.9 Å². The quantitative estimate of drug-likeness (QED) is 0.239. The van der Waals surface area contributed by atoms with Crippen LogP contribution in [0.4, 0.5) is 8.78 Å². The number of hydrogen-bond donors (Lipinski definition) is 2. The largest absolute Gasteiger partial charge is 0.481 e. The van der Waals surface area contributed by atoms with Crippen molar-refractivity contribution in [1.82, 2.24) is 0 Å². The Bertz CT molecular complexity index is 670. The van der Waals surface area contributed by atoms with Crippen LogP contribution in [0.2, 0.25) is 0 Å². The summed E-state index contributed by atoms with van der Waals surface area (Å²) in [6.07, 6.45) is 10.2. The normalized spacial score (nSPS) is 27.6. The molecule has 0 bridgehead atoms. The number of ether oxygens (including phenoxy) is 2. The predicted octanol–water partition coefficient (Wildman–Crippen LogP) is 6.03. The van der Waals surface area contributed by atoms with Gasteiger partial charge in [0.1, 0.15) is 6.10 Å². The van der Waals surface area contributed by atoms with Crippen LogP contribution in [-0.2, 0) is 14.3 Å². The second-order valence-corrected chi connectivity index (χ2v) is 9.21. The zero-order valence-corrected chi connectivity index (χ0v) is 19.8. The van der Waals surface area contributed by atoms with E-state index < -0.39 is 30.4 Å². The molecule has 5 atom stereocenters. The van der Waals surface area contributed by atoms with Crippen LogP contribution in [0.25, 0.3) is 0 Å². The third-order valence-electron chi connectivity index (χ3n) is 6.46. The third-order valence-corrected chi connectivity index (χ3v) is 6.46. The highest BCUT2D eigenvalue weighted by atomic mass is 19.3. The van der Waals surface area contributed by atoms with Crippen molar-refractivity contribution in [3.05, 3.63) is 36.5 Å². The summed E-state index contributed by atoms with van der Waals surface area (Å²) < 4.78 is 41.7. The highest BCUT2D eigenvalue weighted by Gasteiger charge is 2.41. The van der Waals surface area contributed by atoms with Crippen LogP contribution in [0.5, 0.6) is 0 Å². The Morgan fingerprint density at radius 1 is 1.33 bits per heavy atom. The molecular weight excluding hydrogens is 430 g/mol. The number of aliphatic hydroxyl groups is 1. The topological polar surface area (TPSA) is 76.0 Å². The number of rotatable bonds is 14. The van der Waals surface area contributed by atoms with Crippen molar-refractivity contribution in [2.45, 2.75) is 102 Å². The van der Waals surface area contributed by atoms with Crippen molar-refractivity contribution >= 4 is 5.97 Å². The maximum Gasteiger partial charge on any atom is 0.303 e. The molecule has 0 spiro atoms. The number of unbranched alkanes of at least 4 members (excludes halogenated alkanes) is 2. The molecule has 1 heterocycles. The van der Waals surface area contributed by atoms with Crippen LogP contribution in [0.1, 0.15) is 77.6 Å². The molecule has 1 saturated heterocycles. The summed E-state index contributed by atoms with van der Waals surface area (Å²) >= 11 is 0. The van der Waals surface area contributed by atoms with Gasteiger partial charge in [0.05, 0.1) is 6.10 Å². The lowest BCUT2D eigenvalue weighted by Gasteiger charge is -2.31. The Labute approximate surface area is 196 Å². The van der Waals surface area contributed by atoms with Crippen molar-refractivity contribution in [2.75, 3.05) is 6.61 Å². The van der Waals surface area contributed by atoms with Crippen molar-refractivity contribution in [2.24, 2.45) is 11.8 Å². The summed E-state index contributed by atoms with van der Waals surface area (Å²) in [6, 6.07) is 0. The summed E-state index contributed by atoms with van der Waals surface area (Å²) in [5.41, 5.74) is 0.750. The molecule has 0 aromatic rings. The first-order valence-corrected chi connectivity index (χ1v) is 12.3. The van der Waals surface area contributed by atoms with E-state index in [1.54, 1.807) is 0 Å². The van der Waals surface area contributed by atoms with E-state index in [4.69, 9.17) is 14.6 Å². The molecule has 0 aromatic heterocycles. The minimum Gasteiger partial charge on any atom is -0.481 e.